The highest BCUT2D eigenvalue weighted by Gasteiger charge is 2.24. The topological polar surface area (TPSA) is 29.5 Å². The third-order valence-electron chi connectivity index (χ3n) is 4.70. The van der Waals surface area contributed by atoms with E-state index in [0.29, 0.717) is 11.4 Å². The monoisotopic (exact) mass is 313 g/mol. The summed E-state index contributed by atoms with van der Waals surface area (Å²) < 4.78 is 5.89. The van der Waals surface area contributed by atoms with Crippen LogP contribution in [0.4, 0.5) is 0 Å². The number of nitrogens with zero attached hydrogens (tertiary/aromatic N) is 1. The number of ether oxygens (including phenoxy) is 1. The van der Waals surface area contributed by atoms with E-state index in [9.17, 15) is 4.79 Å². The molecule has 1 saturated heterocycles. The van der Waals surface area contributed by atoms with Gasteiger partial charge in [0.05, 0.1) is 6.10 Å². The summed E-state index contributed by atoms with van der Waals surface area (Å²) in [5.41, 5.74) is 0. The van der Waals surface area contributed by atoms with Crippen LogP contribution in [0.15, 0.2) is 0 Å². The first-order valence-electron chi connectivity index (χ1n) is 8.70. The second-order valence-corrected chi connectivity index (χ2v) is 8.08. The van der Waals surface area contributed by atoms with Crippen LogP contribution in [-0.4, -0.2) is 47.6 Å². The van der Waals surface area contributed by atoms with Crippen LogP contribution in [0.5, 0.6) is 0 Å². The van der Waals surface area contributed by atoms with Crippen LogP contribution < -0.4 is 0 Å². The van der Waals surface area contributed by atoms with Crippen LogP contribution in [0.1, 0.15) is 58.8 Å². The van der Waals surface area contributed by atoms with E-state index in [1.54, 1.807) is 0 Å². The van der Waals surface area contributed by atoms with Gasteiger partial charge in [-0.15, -0.1) is 0 Å². The molecule has 2 fully saturated rings. The Hall–Kier alpha value is -0.220. The Labute approximate surface area is 134 Å². The van der Waals surface area contributed by atoms with Crippen LogP contribution in [0.25, 0.3) is 0 Å². The maximum absolute atomic E-state index is 12.4. The first-order valence-corrected chi connectivity index (χ1v) is 9.75. The molecular formula is C17H31NO2S. The average Bonchev–Trinajstić information content (AvgIpc) is 2.99. The summed E-state index contributed by atoms with van der Waals surface area (Å²) in [7, 11) is 0. The summed E-state index contributed by atoms with van der Waals surface area (Å²) in [6.45, 7) is 6.54. The van der Waals surface area contributed by atoms with Crippen LogP contribution in [-0.2, 0) is 9.53 Å². The van der Waals surface area contributed by atoms with E-state index < -0.39 is 0 Å². The van der Waals surface area contributed by atoms with Crippen molar-refractivity contribution >= 4 is 17.7 Å². The molecule has 1 aliphatic carbocycles. The number of carbonyl (C=O) groups excluding carboxylic acids is 1. The Bertz CT molecular complexity index is 310. The third kappa shape index (κ3) is 5.82. The van der Waals surface area contributed by atoms with Crippen LogP contribution in [0, 0.1) is 5.92 Å². The molecule has 0 aromatic rings. The smallest absolute Gasteiger partial charge is 0.248 e. The quantitative estimate of drug-likeness (QED) is 0.717. The fourth-order valence-corrected chi connectivity index (χ4v) is 4.58. The number of amides is 1. The number of carbonyl (C=O) groups is 1. The fraction of sp³-hybridized carbons (Fsp3) is 0.941. The zero-order chi connectivity index (χ0) is 15.1. The highest BCUT2D eigenvalue weighted by Crippen LogP contribution is 2.27. The van der Waals surface area contributed by atoms with Crippen molar-refractivity contribution in [1.29, 1.82) is 0 Å². The maximum atomic E-state index is 12.4. The zero-order valence-electron chi connectivity index (χ0n) is 13.7. The molecule has 4 heteroatoms. The van der Waals surface area contributed by atoms with Gasteiger partial charge < -0.3 is 9.64 Å². The zero-order valence-corrected chi connectivity index (χ0v) is 14.5. The molecular weight excluding hydrogens is 282 g/mol. The molecule has 0 N–H and O–H groups in total. The normalized spacial score (nSPS) is 29.5. The number of rotatable bonds is 7. The number of thioether (sulfide) groups is 1. The highest BCUT2D eigenvalue weighted by atomic mass is 32.2. The molecule has 3 nitrogen and oxygen atoms in total. The van der Waals surface area contributed by atoms with Crippen LogP contribution in [0.3, 0.4) is 0 Å². The van der Waals surface area contributed by atoms with Gasteiger partial charge in [-0.25, -0.2) is 0 Å². The summed E-state index contributed by atoms with van der Waals surface area (Å²) in [6.07, 6.45) is 8.66. The number of hydrogen-bond donors (Lipinski definition) is 0. The summed E-state index contributed by atoms with van der Waals surface area (Å²) in [5.74, 6) is 2.29. The second kappa shape index (κ2) is 9.04. The van der Waals surface area contributed by atoms with Crippen molar-refractivity contribution in [2.75, 3.05) is 25.4 Å². The van der Waals surface area contributed by atoms with Crippen molar-refractivity contribution in [1.82, 2.24) is 4.90 Å². The van der Waals surface area contributed by atoms with E-state index in [-0.39, 0.29) is 12.5 Å². The van der Waals surface area contributed by atoms with E-state index in [2.05, 4.69) is 13.8 Å². The van der Waals surface area contributed by atoms with Gasteiger partial charge in [0.15, 0.2) is 0 Å². The van der Waals surface area contributed by atoms with Crippen molar-refractivity contribution in [3.05, 3.63) is 0 Å². The van der Waals surface area contributed by atoms with Gasteiger partial charge >= 0.3 is 0 Å². The Morgan fingerprint density at radius 1 is 1.24 bits per heavy atom. The summed E-state index contributed by atoms with van der Waals surface area (Å²) in [6, 6.07) is 0. The van der Waals surface area contributed by atoms with Gasteiger partial charge in [0.1, 0.15) is 6.61 Å². The van der Waals surface area contributed by atoms with E-state index in [1.807, 2.05) is 16.7 Å². The Morgan fingerprint density at radius 3 is 2.62 bits per heavy atom. The largest absolute Gasteiger partial charge is 0.368 e. The Morgan fingerprint density at radius 2 is 2.00 bits per heavy atom. The summed E-state index contributed by atoms with van der Waals surface area (Å²) >= 11 is 2.03. The molecule has 0 aromatic heterocycles. The lowest BCUT2D eigenvalue weighted by Gasteiger charge is -2.28. The van der Waals surface area contributed by atoms with Crippen LogP contribution >= 0.6 is 11.8 Å². The molecule has 1 amide bonds. The molecule has 122 valence electrons. The standard InChI is InChI=1S/C17H31NO2S/c1-3-10-18(12-16-5-4-11-21-16)17(19)13-20-15-8-6-14(2)7-9-15/h14-16H,3-13H2,1-2H3. The van der Waals surface area contributed by atoms with Gasteiger partial charge in [-0.3, -0.25) is 4.79 Å². The van der Waals surface area contributed by atoms with Gasteiger partial charge in [-0.1, -0.05) is 13.8 Å². The molecule has 0 spiro atoms. The minimum Gasteiger partial charge on any atom is -0.368 e. The van der Waals surface area contributed by atoms with Crippen molar-refractivity contribution in [3.63, 3.8) is 0 Å². The van der Waals surface area contributed by atoms with Gasteiger partial charge in [-0.2, -0.15) is 11.8 Å². The average molecular weight is 314 g/mol. The first-order chi connectivity index (χ1) is 10.2. The predicted octanol–water partition coefficient (Wildman–Crippen LogP) is 3.72. The Kier molecular flexibility index (Phi) is 7.38. The third-order valence-corrected chi connectivity index (χ3v) is 6.08. The van der Waals surface area contributed by atoms with Crippen molar-refractivity contribution < 1.29 is 9.53 Å². The predicted molar refractivity (Wildman–Crippen MR) is 89.7 cm³/mol. The van der Waals surface area contributed by atoms with Gasteiger partial charge in [0.2, 0.25) is 5.91 Å². The van der Waals surface area contributed by atoms with Crippen molar-refractivity contribution in [2.45, 2.75) is 70.1 Å². The van der Waals surface area contributed by atoms with Gasteiger partial charge in [-0.05, 0) is 56.6 Å². The molecule has 1 heterocycles. The minimum absolute atomic E-state index is 0.197. The molecule has 21 heavy (non-hydrogen) atoms. The second-order valence-electron chi connectivity index (χ2n) is 6.67. The van der Waals surface area contributed by atoms with E-state index in [4.69, 9.17) is 4.74 Å². The SMILES string of the molecule is CCCN(CC1CCCS1)C(=O)COC1CCC(C)CC1. The lowest BCUT2D eigenvalue weighted by Crippen LogP contribution is -2.39. The highest BCUT2D eigenvalue weighted by molar-refractivity contribution is 8.00. The molecule has 1 aliphatic heterocycles. The molecule has 1 atom stereocenters. The first kappa shape index (κ1) is 17.1. The fourth-order valence-electron chi connectivity index (χ4n) is 3.30. The summed E-state index contributed by atoms with van der Waals surface area (Å²) in [4.78, 5) is 14.5. The van der Waals surface area contributed by atoms with E-state index in [1.165, 1.54) is 31.4 Å². The van der Waals surface area contributed by atoms with E-state index in [0.717, 1.165) is 38.3 Å². The molecule has 0 bridgehead atoms. The maximum Gasteiger partial charge on any atom is 0.248 e. The molecule has 1 unspecified atom stereocenters. The Balaban J connectivity index is 1.72. The lowest BCUT2D eigenvalue weighted by atomic mass is 9.89. The summed E-state index contributed by atoms with van der Waals surface area (Å²) in [5, 5.41) is 0.649. The van der Waals surface area contributed by atoms with Gasteiger partial charge in [0.25, 0.3) is 0 Å². The molecule has 2 rings (SSSR count). The number of hydrogen-bond acceptors (Lipinski definition) is 3. The molecule has 1 saturated carbocycles. The lowest BCUT2D eigenvalue weighted by molar-refractivity contribution is -0.139. The van der Waals surface area contributed by atoms with Crippen LogP contribution in [0.2, 0.25) is 0 Å². The molecule has 0 radical (unpaired) electrons. The van der Waals surface area contributed by atoms with Crippen molar-refractivity contribution in [3.8, 4) is 0 Å². The molecule has 0 aromatic carbocycles. The van der Waals surface area contributed by atoms with Gasteiger partial charge in [0, 0.05) is 18.3 Å². The van der Waals surface area contributed by atoms with Crippen molar-refractivity contribution in [2.24, 2.45) is 5.92 Å². The van der Waals surface area contributed by atoms with E-state index >= 15 is 0 Å². The molecule has 2 aliphatic rings. The minimum atomic E-state index is 0.197.